The summed E-state index contributed by atoms with van der Waals surface area (Å²) in [5.41, 5.74) is 0.162. The monoisotopic (exact) mass is 416 g/mol. The van der Waals surface area contributed by atoms with Gasteiger partial charge in [0.25, 0.3) is 5.91 Å². The van der Waals surface area contributed by atoms with E-state index < -0.39 is 11.6 Å². The Labute approximate surface area is 175 Å². The Hall–Kier alpha value is -2.88. The molecule has 0 saturated heterocycles. The van der Waals surface area contributed by atoms with Crippen molar-refractivity contribution in [2.24, 2.45) is 5.92 Å². The highest BCUT2D eigenvalue weighted by Gasteiger charge is 2.29. The van der Waals surface area contributed by atoms with Crippen molar-refractivity contribution in [1.29, 1.82) is 0 Å². The Balaban J connectivity index is 1.59. The molecule has 1 amide bonds. The number of amides is 1. The second-order valence-electron chi connectivity index (χ2n) is 8.29. The quantitative estimate of drug-likeness (QED) is 0.673. The second-order valence-corrected chi connectivity index (χ2v) is 8.29. The van der Waals surface area contributed by atoms with Crippen LogP contribution in [0.25, 0.3) is 11.4 Å². The summed E-state index contributed by atoms with van der Waals surface area (Å²) >= 11 is 0. The van der Waals surface area contributed by atoms with Gasteiger partial charge in [-0.2, -0.15) is 4.80 Å². The first-order valence-corrected chi connectivity index (χ1v) is 10.0. The molecule has 0 radical (unpaired) electrons. The first-order chi connectivity index (χ1) is 14.2. The number of ether oxygens (including phenoxy) is 1. The number of methoxy groups -OCH3 is 1. The zero-order valence-corrected chi connectivity index (χ0v) is 17.8. The molecular weight excluding hydrogens is 388 g/mol. The first-order valence-electron chi connectivity index (χ1n) is 10.0. The van der Waals surface area contributed by atoms with E-state index in [1.54, 1.807) is 23.9 Å². The fourth-order valence-corrected chi connectivity index (χ4v) is 3.53. The van der Waals surface area contributed by atoms with Crippen molar-refractivity contribution in [3.8, 4) is 11.4 Å². The number of aromatic nitrogens is 5. The molecule has 0 aliphatic heterocycles. The SMILES string of the molecule is COC(=O)c1cc(-c2nnn(CC3CCC(NC(=O)C(C)(C)O)CC3)n2)cc(C)n1. The number of aliphatic hydroxyl groups is 1. The summed E-state index contributed by atoms with van der Waals surface area (Å²) in [7, 11) is 1.31. The fraction of sp³-hybridized carbons (Fsp3) is 0.600. The lowest BCUT2D eigenvalue weighted by Crippen LogP contribution is -2.47. The van der Waals surface area contributed by atoms with E-state index in [0.29, 0.717) is 29.5 Å². The maximum absolute atomic E-state index is 11.9. The van der Waals surface area contributed by atoms with Gasteiger partial charge in [-0.25, -0.2) is 9.78 Å². The van der Waals surface area contributed by atoms with E-state index in [0.717, 1.165) is 25.7 Å². The van der Waals surface area contributed by atoms with E-state index in [4.69, 9.17) is 4.74 Å². The molecule has 0 atom stereocenters. The van der Waals surface area contributed by atoms with Gasteiger partial charge in [-0.05, 0) is 69.7 Å². The van der Waals surface area contributed by atoms with Crippen LogP contribution in [0.2, 0.25) is 0 Å². The van der Waals surface area contributed by atoms with E-state index in [-0.39, 0.29) is 17.6 Å². The van der Waals surface area contributed by atoms with Gasteiger partial charge in [-0.15, -0.1) is 10.2 Å². The van der Waals surface area contributed by atoms with Crippen LogP contribution in [0.1, 0.15) is 55.7 Å². The average Bonchev–Trinajstić information content (AvgIpc) is 3.16. The molecule has 30 heavy (non-hydrogen) atoms. The molecule has 2 aromatic rings. The number of nitrogens with zero attached hydrogens (tertiary/aromatic N) is 5. The van der Waals surface area contributed by atoms with Crippen LogP contribution in [-0.2, 0) is 16.1 Å². The third-order valence-corrected chi connectivity index (χ3v) is 5.22. The third-order valence-electron chi connectivity index (χ3n) is 5.22. The Bertz CT molecular complexity index is 912. The smallest absolute Gasteiger partial charge is 0.356 e. The molecule has 0 bridgehead atoms. The Kier molecular flexibility index (Phi) is 6.45. The fourth-order valence-electron chi connectivity index (χ4n) is 3.53. The third kappa shape index (κ3) is 5.38. The van der Waals surface area contributed by atoms with Crippen LogP contribution in [-0.4, -0.2) is 60.9 Å². The summed E-state index contributed by atoms with van der Waals surface area (Å²) in [6.07, 6.45) is 3.54. The van der Waals surface area contributed by atoms with Gasteiger partial charge in [-0.3, -0.25) is 4.79 Å². The molecular formula is C20H28N6O4. The molecule has 1 aliphatic rings. The Morgan fingerprint density at radius 3 is 2.60 bits per heavy atom. The highest BCUT2D eigenvalue weighted by Crippen LogP contribution is 2.26. The van der Waals surface area contributed by atoms with E-state index in [2.05, 4.69) is 25.7 Å². The van der Waals surface area contributed by atoms with Crippen molar-refractivity contribution in [2.45, 2.75) is 64.6 Å². The lowest BCUT2D eigenvalue weighted by atomic mass is 9.86. The molecule has 3 rings (SSSR count). The maximum atomic E-state index is 11.9. The normalized spacial score (nSPS) is 19.4. The molecule has 2 aromatic heterocycles. The van der Waals surface area contributed by atoms with Crippen molar-refractivity contribution in [2.75, 3.05) is 7.11 Å². The van der Waals surface area contributed by atoms with Crippen molar-refractivity contribution in [1.82, 2.24) is 30.5 Å². The summed E-state index contributed by atoms with van der Waals surface area (Å²) in [6.45, 7) is 5.39. The number of hydrogen-bond donors (Lipinski definition) is 2. The minimum Gasteiger partial charge on any atom is -0.464 e. The molecule has 0 aromatic carbocycles. The number of tetrazole rings is 1. The van der Waals surface area contributed by atoms with Gasteiger partial charge in [0.05, 0.1) is 13.7 Å². The van der Waals surface area contributed by atoms with Gasteiger partial charge in [0, 0.05) is 17.3 Å². The molecule has 1 fully saturated rings. The van der Waals surface area contributed by atoms with Crippen LogP contribution in [0, 0.1) is 12.8 Å². The standard InChI is InChI=1S/C20H28N6O4/c1-12-9-14(10-16(21-12)18(27)30-4)17-23-25-26(24-17)11-13-5-7-15(8-6-13)22-19(28)20(2,3)29/h9-10,13,15,29H,5-8,11H2,1-4H3,(H,22,28). The van der Waals surface area contributed by atoms with Crippen LogP contribution in [0.3, 0.4) is 0 Å². The summed E-state index contributed by atoms with van der Waals surface area (Å²) in [5, 5.41) is 25.4. The van der Waals surface area contributed by atoms with Crippen LogP contribution < -0.4 is 5.32 Å². The molecule has 0 unspecified atom stereocenters. The van der Waals surface area contributed by atoms with Crippen LogP contribution in [0.5, 0.6) is 0 Å². The number of carbonyl (C=O) groups is 2. The zero-order chi connectivity index (χ0) is 21.9. The van der Waals surface area contributed by atoms with Crippen molar-refractivity contribution in [3.63, 3.8) is 0 Å². The van der Waals surface area contributed by atoms with Gasteiger partial charge in [0.2, 0.25) is 5.82 Å². The average molecular weight is 416 g/mol. The van der Waals surface area contributed by atoms with E-state index in [9.17, 15) is 14.7 Å². The summed E-state index contributed by atoms with van der Waals surface area (Å²) < 4.78 is 4.74. The van der Waals surface area contributed by atoms with Crippen molar-refractivity contribution < 1.29 is 19.4 Å². The number of nitrogens with one attached hydrogen (secondary N) is 1. The van der Waals surface area contributed by atoms with Gasteiger partial charge in [0.15, 0.2) is 0 Å². The molecule has 1 saturated carbocycles. The summed E-state index contributed by atoms with van der Waals surface area (Å²) in [6, 6.07) is 3.47. The molecule has 162 valence electrons. The molecule has 10 heteroatoms. The predicted octanol–water partition coefficient (Wildman–Crippen LogP) is 1.28. The van der Waals surface area contributed by atoms with E-state index in [1.807, 2.05) is 0 Å². The van der Waals surface area contributed by atoms with Crippen LogP contribution >= 0.6 is 0 Å². The first kappa shape index (κ1) is 21.8. The lowest BCUT2D eigenvalue weighted by molar-refractivity contribution is -0.137. The van der Waals surface area contributed by atoms with Crippen LogP contribution in [0.15, 0.2) is 12.1 Å². The zero-order valence-electron chi connectivity index (χ0n) is 17.8. The Morgan fingerprint density at radius 1 is 1.27 bits per heavy atom. The number of hydrogen-bond acceptors (Lipinski definition) is 8. The number of rotatable bonds is 6. The summed E-state index contributed by atoms with van der Waals surface area (Å²) in [5.74, 6) is -0.0443. The number of carbonyl (C=O) groups excluding carboxylic acids is 2. The number of pyridine rings is 1. The Morgan fingerprint density at radius 2 is 1.97 bits per heavy atom. The van der Waals surface area contributed by atoms with Crippen LogP contribution in [0.4, 0.5) is 0 Å². The number of aryl methyl sites for hydroxylation is 1. The maximum Gasteiger partial charge on any atom is 0.356 e. The van der Waals surface area contributed by atoms with Gasteiger partial charge >= 0.3 is 5.97 Å². The molecule has 2 heterocycles. The largest absolute Gasteiger partial charge is 0.464 e. The van der Waals surface area contributed by atoms with E-state index >= 15 is 0 Å². The predicted molar refractivity (Wildman–Crippen MR) is 107 cm³/mol. The number of esters is 1. The van der Waals surface area contributed by atoms with Gasteiger partial charge in [-0.1, -0.05) is 0 Å². The lowest BCUT2D eigenvalue weighted by Gasteiger charge is -2.30. The minimum absolute atomic E-state index is 0.0796. The highest BCUT2D eigenvalue weighted by atomic mass is 16.5. The topological polar surface area (TPSA) is 132 Å². The van der Waals surface area contributed by atoms with E-state index in [1.165, 1.54) is 21.0 Å². The summed E-state index contributed by atoms with van der Waals surface area (Å²) in [4.78, 5) is 29.4. The van der Waals surface area contributed by atoms with Crippen molar-refractivity contribution in [3.05, 3.63) is 23.5 Å². The van der Waals surface area contributed by atoms with Gasteiger partial charge in [0.1, 0.15) is 11.3 Å². The molecule has 0 spiro atoms. The molecule has 1 aliphatic carbocycles. The van der Waals surface area contributed by atoms with Crippen molar-refractivity contribution >= 4 is 11.9 Å². The highest BCUT2D eigenvalue weighted by molar-refractivity contribution is 5.88. The minimum atomic E-state index is -1.36. The molecule has 10 nitrogen and oxygen atoms in total. The second kappa shape index (κ2) is 8.86. The molecule has 2 N–H and O–H groups in total. The van der Waals surface area contributed by atoms with Gasteiger partial charge < -0.3 is 15.2 Å².